The molecule has 0 fully saturated rings. The second kappa shape index (κ2) is 6.15. The van der Waals surface area contributed by atoms with Crippen LogP contribution in [0.25, 0.3) is 10.8 Å². The van der Waals surface area contributed by atoms with Crippen LogP contribution in [0.4, 0.5) is 0 Å². The van der Waals surface area contributed by atoms with Crippen molar-refractivity contribution in [3.05, 3.63) is 70.2 Å². The van der Waals surface area contributed by atoms with E-state index in [1.807, 2.05) is 42.5 Å². The van der Waals surface area contributed by atoms with Crippen LogP contribution in [0.3, 0.4) is 0 Å². The Morgan fingerprint density at radius 3 is 2.33 bits per heavy atom. The van der Waals surface area contributed by atoms with E-state index in [0.29, 0.717) is 21.7 Å². The van der Waals surface area contributed by atoms with Crippen molar-refractivity contribution in [1.82, 2.24) is 0 Å². The van der Waals surface area contributed by atoms with E-state index in [0.717, 1.165) is 22.1 Å². The Kier molecular flexibility index (Phi) is 4.25. The number of halogens is 3. The Morgan fingerprint density at radius 2 is 1.57 bits per heavy atom. The van der Waals surface area contributed by atoms with Gasteiger partial charge in [0.1, 0.15) is 11.5 Å². The minimum absolute atomic E-state index is 0.359. The van der Waals surface area contributed by atoms with Crippen LogP contribution in [-0.2, 0) is 5.88 Å². The molecule has 3 rings (SSSR count). The Hall–Kier alpha value is -1.41. The van der Waals surface area contributed by atoms with Gasteiger partial charge in [0.15, 0.2) is 0 Å². The molecule has 0 N–H and O–H groups in total. The van der Waals surface area contributed by atoms with Crippen LogP contribution in [0.1, 0.15) is 5.56 Å². The average Bonchev–Trinajstić information content (AvgIpc) is 2.51. The quantitative estimate of drug-likeness (QED) is 0.484. The molecule has 4 heteroatoms. The highest BCUT2D eigenvalue weighted by atomic mass is 35.5. The van der Waals surface area contributed by atoms with Gasteiger partial charge in [-0.05, 0) is 24.3 Å². The van der Waals surface area contributed by atoms with E-state index in [-0.39, 0.29) is 0 Å². The number of benzene rings is 3. The lowest BCUT2D eigenvalue weighted by molar-refractivity contribution is 0.484. The Morgan fingerprint density at radius 1 is 0.810 bits per heavy atom. The van der Waals surface area contributed by atoms with Gasteiger partial charge in [0, 0.05) is 26.4 Å². The number of rotatable bonds is 3. The van der Waals surface area contributed by atoms with Crippen molar-refractivity contribution in [2.45, 2.75) is 5.88 Å². The van der Waals surface area contributed by atoms with E-state index >= 15 is 0 Å². The van der Waals surface area contributed by atoms with Crippen LogP contribution in [0, 0.1) is 0 Å². The number of alkyl halides is 1. The van der Waals surface area contributed by atoms with E-state index in [1.54, 1.807) is 12.1 Å². The van der Waals surface area contributed by atoms with Crippen LogP contribution < -0.4 is 4.74 Å². The number of hydrogen-bond acceptors (Lipinski definition) is 1. The maximum atomic E-state index is 6.22. The predicted octanol–water partition coefficient (Wildman–Crippen LogP) is 6.68. The molecule has 0 saturated heterocycles. The second-order valence-electron chi connectivity index (χ2n) is 4.58. The third kappa shape index (κ3) is 2.96. The first-order valence-corrected chi connectivity index (χ1v) is 7.67. The summed E-state index contributed by atoms with van der Waals surface area (Å²) in [5.74, 6) is 1.74. The van der Waals surface area contributed by atoms with E-state index in [2.05, 4.69) is 0 Å². The molecule has 0 aliphatic heterocycles. The van der Waals surface area contributed by atoms with Crippen molar-refractivity contribution >= 4 is 45.6 Å². The van der Waals surface area contributed by atoms with Gasteiger partial charge in [-0.1, -0.05) is 53.5 Å². The molecular weight excluding hydrogens is 327 g/mol. The largest absolute Gasteiger partial charge is 0.456 e. The maximum Gasteiger partial charge on any atom is 0.135 e. The zero-order valence-electron chi connectivity index (χ0n) is 10.9. The normalized spacial score (nSPS) is 10.8. The molecule has 3 aromatic carbocycles. The van der Waals surface area contributed by atoms with Gasteiger partial charge < -0.3 is 4.74 Å². The van der Waals surface area contributed by atoms with Crippen LogP contribution >= 0.6 is 34.8 Å². The molecule has 0 aliphatic carbocycles. The third-order valence-corrected chi connectivity index (χ3v) is 4.08. The molecule has 0 aromatic heterocycles. The van der Waals surface area contributed by atoms with E-state index in [1.165, 1.54) is 0 Å². The van der Waals surface area contributed by atoms with Crippen molar-refractivity contribution in [3.63, 3.8) is 0 Å². The highest BCUT2D eigenvalue weighted by Crippen LogP contribution is 2.36. The molecule has 0 aliphatic rings. The fourth-order valence-electron chi connectivity index (χ4n) is 2.18. The summed E-state index contributed by atoms with van der Waals surface area (Å²) in [4.78, 5) is 0. The Bertz CT molecular complexity index is 799. The Labute approximate surface area is 138 Å². The van der Waals surface area contributed by atoms with Crippen molar-refractivity contribution in [1.29, 1.82) is 0 Å². The molecule has 0 amide bonds. The van der Waals surface area contributed by atoms with Gasteiger partial charge in [0.2, 0.25) is 0 Å². The monoisotopic (exact) mass is 336 g/mol. The molecule has 0 heterocycles. The van der Waals surface area contributed by atoms with E-state index in [4.69, 9.17) is 39.5 Å². The fraction of sp³-hybridized carbons (Fsp3) is 0.0588. The second-order valence-corrected chi connectivity index (χ2v) is 5.69. The lowest BCUT2D eigenvalue weighted by atomic mass is 10.1. The smallest absolute Gasteiger partial charge is 0.135 e. The molecule has 0 atom stereocenters. The summed E-state index contributed by atoms with van der Waals surface area (Å²) in [6, 6.07) is 16.9. The van der Waals surface area contributed by atoms with Gasteiger partial charge in [-0.25, -0.2) is 0 Å². The molecule has 21 heavy (non-hydrogen) atoms. The third-order valence-electron chi connectivity index (χ3n) is 3.22. The molecule has 0 saturated carbocycles. The molecular formula is C17H11Cl3O. The van der Waals surface area contributed by atoms with E-state index in [9.17, 15) is 0 Å². The van der Waals surface area contributed by atoms with Gasteiger partial charge in [-0.3, -0.25) is 0 Å². The highest BCUT2D eigenvalue weighted by molar-refractivity contribution is 6.35. The van der Waals surface area contributed by atoms with Gasteiger partial charge in [0.25, 0.3) is 0 Å². The van der Waals surface area contributed by atoms with Crippen LogP contribution in [0.2, 0.25) is 10.0 Å². The van der Waals surface area contributed by atoms with E-state index < -0.39 is 0 Å². The Balaban J connectivity index is 2.11. The summed E-state index contributed by atoms with van der Waals surface area (Å²) in [7, 11) is 0. The van der Waals surface area contributed by atoms with Gasteiger partial charge in [-0.15, -0.1) is 11.6 Å². The summed E-state index contributed by atoms with van der Waals surface area (Å²) >= 11 is 18.2. The summed E-state index contributed by atoms with van der Waals surface area (Å²) in [6.45, 7) is 0. The van der Waals surface area contributed by atoms with Crippen molar-refractivity contribution in [2.24, 2.45) is 0 Å². The first-order valence-electron chi connectivity index (χ1n) is 6.38. The SMILES string of the molecule is ClCc1ccc(Cl)cc1Oc1ccc(Cl)c2ccccc12. The molecule has 0 bridgehead atoms. The van der Waals surface area contributed by atoms with Crippen LogP contribution in [0.15, 0.2) is 54.6 Å². The average molecular weight is 338 g/mol. The first-order chi connectivity index (χ1) is 10.2. The predicted molar refractivity (Wildman–Crippen MR) is 90.0 cm³/mol. The van der Waals surface area contributed by atoms with Crippen molar-refractivity contribution in [3.8, 4) is 11.5 Å². The zero-order valence-corrected chi connectivity index (χ0v) is 13.2. The summed E-state index contributed by atoms with van der Waals surface area (Å²) < 4.78 is 6.02. The first kappa shape index (κ1) is 14.5. The molecule has 1 nitrogen and oxygen atoms in total. The molecule has 0 spiro atoms. The van der Waals surface area contributed by atoms with Crippen molar-refractivity contribution in [2.75, 3.05) is 0 Å². The van der Waals surface area contributed by atoms with Gasteiger partial charge >= 0.3 is 0 Å². The van der Waals surface area contributed by atoms with Gasteiger partial charge in [-0.2, -0.15) is 0 Å². The molecule has 0 radical (unpaired) electrons. The summed E-state index contributed by atoms with van der Waals surface area (Å²) in [5, 5.41) is 3.20. The number of ether oxygens (including phenoxy) is 1. The number of hydrogen-bond donors (Lipinski definition) is 0. The van der Waals surface area contributed by atoms with Crippen molar-refractivity contribution < 1.29 is 4.74 Å². The number of fused-ring (bicyclic) bond motifs is 1. The molecule has 106 valence electrons. The summed E-state index contributed by atoms with van der Waals surface area (Å²) in [5.41, 5.74) is 0.889. The van der Waals surface area contributed by atoms with Crippen LogP contribution in [0.5, 0.6) is 11.5 Å². The molecule has 3 aromatic rings. The summed E-state index contributed by atoms with van der Waals surface area (Å²) in [6.07, 6.45) is 0. The standard InChI is InChI=1S/C17H11Cl3O/c18-10-11-5-6-12(19)9-17(11)21-16-8-7-15(20)13-3-1-2-4-14(13)16/h1-9H,10H2. The lowest BCUT2D eigenvalue weighted by Crippen LogP contribution is -1.91. The topological polar surface area (TPSA) is 9.23 Å². The zero-order chi connectivity index (χ0) is 14.8. The molecule has 0 unspecified atom stereocenters. The minimum atomic E-state index is 0.359. The minimum Gasteiger partial charge on any atom is -0.456 e. The van der Waals surface area contributed by atoms with Crippen LogP contribution in [-0.4, -0.2) is 0 Å². The lowest BCUT2D eigenvalue weighted by Gasteiger charge is -2.13. The highest BCUT2D eigenvalue weighted by Gasteiger charge is 2.09. The van der Waals surface area contributed by atoms with Gasteiger partial charge in [0.05, 0.1) is 5.88 Å². The fourth-order valence-corrected chi connectivity index (χ4v) is 2.79. The maximum absolute atomic E-state index is 6.22.